The number of amides is 1. The van der Waals surface area contributed by atoms with Gasteiger partial charge < -0.3 is 10.2 Å². The number of carbonyl (C=O) groups excluding carboxylic acids is 1. The summed E-state index contributed by atoms with van der Waals surface area (Å²) in [5, 5.41) is 7.30. The van der Waals surface area contributed by atoms with E-state index < -0.39 is 0 Å². The first-order chi connectivity index (χ1) is 13.3. The van der Waals surface area contributed by atoms with E-state index in [9.17, 15) is 4.79 Å². The van der Waals surface area contributed by atoms with Crippen molar-refractivity contribution in [2.45, 2.75) is 32.1 Å². The lowest BCUT2D eigenvalue weighted by Gasteiger charge is -2.34. The first-order valence-electron chi connectivity index (χ1n) is 10.1. The molecule has 142 valence electrons. The highest BCUT2D eigenvalue weighted by molar-refractivity contribution is 5.92. The highest BCUT2D eigenvalue weighted by atomic mass is 16.1. The number of carbonyl (C=O) groups is 1. The fraction of sp³-hybridized carbons (Fsp3) is 0.455. The van der Waals surface area contributed by atoms with Gasteiger partial charge in [0.15, 0.2) is 0 Å². The Kier molecular flexibility index (Phi) is 5.68. The molecule has 27 heavy (non-hydrogen) atoms. The molecule has 1 amide bonds. The van der Waals surface area contributed by atoms with Crippen LogP contribution in [-0.2, 0) is 4.79 Å². The lowest BCUT2D eigenvalue weighted by atomic mass is 9.91. The van der Waals surface area contributed by atoms with Crippen LogP contribution in [0, 0.1) is 11.8 Å². The van der Waals surface area contributed by atoms with Gasteiger partial charge in [-0.3, -0.25) is 4.79 Å². The molecule has 4 rings (SSSR count). The molecule has 2 aliphatic rings. The monoisotopic (exact) mass is 364 g/mol. The van der Waals surface area contributed by atoms with Crippen LogP contribution in [0.4, 0.5) is 5.69 Å². The van der Waals surface area contributed by atoms with E-state index in [0.717, 1.165) is 43.2 Å². The van der Waals surface area contributed by atoms with Crippen LogP contribution in [0.15, 0.2) is 54.9 Å². The number of aromatic nitrogens is 2. The molecule has 1 N–H and O–H groups in total. The van der Waals surface area contributed by atoms with E-state index in [4.69, 9.17) is 0 Å². The van der Waals surface area contributed by atoms with Crippen LogP contribution in [0.2, 0.25) is 0 Å². The van der Waals surface area contributed by atoms with Gasteiger partial charge in [-0.05, 0) is 81.4 Å². The van der Waals surface area contributed by atoms with Crippen LogP contribution in [0.3, 0.4) is 0 Å². The van der Waals surface area contributed by atoms with Gasteiger partial charge in [0, 0.05) is 30.5 Å². The number of piperidine rings is 1. The molecule has 0 bridgehead atoms. The first-order valence-corrected chi connectivity index (χ1v) is 10.1. The van der Waals surface area contributed by atoms with Crippen molar-refractivity contribution in [2.75, 3.05) is 25.0 Å². The number of nitrogens with one attached hydrogen (secondary N) is 1. The molecule has 1 aliphatic carbocycles. The Morgan fingerprint density at radius 2 is 1.93 bits per heavy atom. The third kappa shape index (κ3) is 4.66. The van der Waals surface area contributed by atoms with Gasteiger partial charge in [0.1, 0.15) is 0 Å². The summed E-state index contributed by atoms with van der Waals surface area (Å²) in [6.07, 6.45) is 14.0. The van der Waals surface area contributed by atoms with Crippen molar-refractivity contribution < 1.29 is 4.79 Å². The molecule has 1 aromatic heterocycles. The fourth-order valence-corrected chi connectivity index (χ4v) is 4.13. The zero-order chi connectivity index (χ0) is 18.5. The van der Waals surface area contributed by atoms with Crippen molar-refractivity contribution in [1.82, 2.24) is 14.7 Å². The zero-order valence-corrected chi connectivity index (χ0v) is 15.8. The molecular formula is C22H28N4O. The summed E-state index contributed by atoms with van der Waals surface area (Å²) < 4.78 is 1.81. The van der Waals surface area contributed by atoms with Gasteiger partial charge in [-0.25, -0.2) is 4.68 Å². The predicted octanol–water partition coefficient (Wildman–Crippen LogP) is 3.88. The predicted molar refractivity (Wildman–Crippen MR) is 108 cm³/mol. The Balaban J connectivity index is 1.25. The summed E-state index contributed by atoms with van der Waals surface area (Å²) in [5.74, 6) is 1.08. The van der Waals surface area contributed by atoms with Gasteiger partial charge in [0.25, 0.3) is 0 Å². The smallest absolute Gasteiger partial charge is 0.227 e. The van der Waals surface area contributed by atoms with E-state index in [2.05, 4.69) is 27.5 Å². The van der Waals surface area contributed by atoms with E-state index in [1.54, 1.807) is 6.20 Å². The van der Waals surface area contributed by atoms with Crippen LogP contribution < -0.4 is 5.32 Å². The number of allylic oxidation sites excluding steroid dienone is 2. The molecule has 2 heterocycles. The molecule has 1 aromatic carbocycles. The quantitative estimate of drug-likeness (QED) is 0.819. The SMILES string of the molecule is O=C(Nc1ccc(-n2cccn2)cc1)C1CCN(C[C@@H]2CC=CCC2)CC1. The van der Waals surface area contributed by atoms with Gasteiger partial charge in [0.05, 0.1) is 5.69 Å². The van der Waals surface area contributed by atoms with Crippen molar-refractivity contribution in [1.29, 1.82) is 0 Å². The highest BCUT2D eigenvalue weighted by Crippen LogP contribution is 2.24. The fourth-order valence-electron chi connectivity index (χ4n) is 4.13. The summed E-state index contributed by atoms with van der Waals surface area (Å²) in [5.41, 5.74) is 1.84. The van der Waals surface area contributed by atoms with Crippen molar-refractivity contribution in [3.05, 3.63) is 54.9 Å². The Morgan fingerprint density at radius 1 is 1.11 bits per heavy atom. The average Bonchev–Trinajstić information content (AvgIpc) is 3.25. The van der Waals surface area contributed by atoms with Crippen molar-refractivity contribution in [3.8, 4) is 5.69 Å². The Bertz CT molecular complexity index is 758. The second-order valence-electron chi connectivity index (χ2n) is 7.71. The molecule has 2 aromatic rings. The molecule has 1 aliphatic heterocycles. The van der Waals surface area contributed by atoms with Crippen LogP contribution >= 0.6 is 0 Å². The van der Waals surface area contributed by atoms with Gasteiger partial charge in [-0.15, -0.1) is 0 Å². The van der Waals surface area contributed by atoms with E-state index >= 15 is 0 Å². The summed E-state index contributed by atoms with van der Waals surface area (Å²) >= 11 is 0. The summed E-state index contributed by atoms with van der Waals surface area (Å²) in [4.78, 5) is 15.2. The summed E-state index contributed by atoms with van der Waals surface area (Å²) in [7, 11) is 0. The minimum atomic E-state index is 0.123. The number of nitrogens with zero attached hydrogens (tertiary/aromatic N) is 3. The second-order valence-corrected chi connectivity index (χ2v) is 7.71. The topological polar surface area (TPSA) is 50.2 Å². The molecular weight excluding hydrogens is 336 g/mol. The maximum absolute atomic E-state index is 12.6. The molecule has 5 heteroatoms. The molecule has 0 saturated carbocycles. The van der Waals surface area contributed by atoms with E-state index in [1.165, 1.54) is 25.8 Å². The molecule has 1 fully saturated rings. The van der Waals surface area contributed by atoms with Crippen molar-refractivity contribution >= 4 is 11.6 Å². The van der Waals surface area contributed by atoms with Crippen LogP contribution in [0.5, 0.6) is 0 Å². The Morgan fingerprint density at radius 3 is 2.59 bits per heavy atom. The highest BCUT2D eigenvalue weighted by Gasteiger charge is 2.26. The first kappa shape index (κ1) is 18.0. The number of hydrogen-bond donors (Lipinski definition) is 1. The van der Waals surface area contributed by atoms with Crippen molar-refractivity contribution in [3.63, 3.8) is 0 Å². The minimum absolute atomic E-state index is 0.123. The van der Waals surface area contributed by atoms with Gasteiger partial charge in [-0.2, -0.15) is 5.10 Å². The number of anilines is 1. The molecule has 0 spiro atoms. The molecule has 0 radical (unpaired) electrons. The molecule has 1 saturated heterocycles. The third-order valence-electron chi connectivity index (χ3n) is 5.76. The number of benzene rings is 1. The molecule has 5 nitrogen and oxygen atoms in total. The standard InChI is InChI=1S/C22H28N4O/c27-22(24-20-7-9-21(10-8-20)26-14-4-13-23-26)19-11-15-25(16-12-19)17-18-5-2-1-3-6-18/h1-2,4,7-10,13-14,18-19H,3,5-6,11-12,15-17H2,(H,24,27)/t18-/m1/s1. The lowest BCUT2D eigenvalue weighted by Crippen LogP contribution is -2.40. The summed E-state index contributed by atoms with van der Waals surface area (Å²) in [6.45, 7) is 3.26. The van der Waals surface area contributed by atoms with E-state index in [0.29, 0.717) is 0 Å². The van der Waals surface area contributed by atoms with Gasteiger partial charge >= 0.3 is 0 Å². The minimum Gasteiger partial charge on any atom is -0.326 e. The maximum atomic E-state index is 12.6. The third-order valence-corrected chi connectivity index (χ3v) is 5.76. The largest absolute Gasteiger partial charge is 0.326 e. The van der Waals surface area contributed by atoms with Crippen LogP contribution in [-0.4, -0.2) is 40.2 Å². The number of likely N-dealkylation sites (tertiary alicyclic amines) is 1. The van der Waals surface area contributed by atoms with Gasteiger partial charge in [-0.1, -0.05) is 12.2 Å². The Hall–Kier alpha value is -2.40. The van der Waals surface area contributed by atoms with Crippen LogP contribution in [0.1, 0.15) is 32.1 Å². The molecule has 1 atom stereocenters. The van der Waals surface area contributed by atoms with Gasteiger partial charge in [0.2, 0.25) is 5.91 Å². The second kappa shape index (κ2) is 8.53. The maximum Gasteiger partial charge on any atom is 0.227 e. The zero-order valence-electron chi connectivity index (χ0n) is 15.8. The molecule has 0 unspecified atom stereocenters. The van der Waals surface area contributed by atoms with Crippen LogP contribution in [0.25, 0.3) is 5.69 Å². The van der Waals surface area contributed by atoms with E-state index in [-0.39, 0.29) is 11.8 Å². The lowest BCUT2D eigenvalue weighted by molar-refractivity contribution is -0.121. The van der Waals surface area contributed by atoms with E-state index in [1.807, 2.05) is 41.2 Å². The van der Waals surface area contributed by atoms with Crippen molar-refractivity contribution in [2.24, 2.45) is 11.8 Å². The number of rotatable bonds is 5. The average molecular weight is 364 g/mol. The number of hydrogen-bond acceptors (Lipinski definition) is 3. The summed E-state index contributed by atoms with van der Waals surface area (Å²) in [6, 6.07) is 9.74. The Labute approximate surface area is 161 Å². The normalized spacial score (nSPS) is 21.3.